The summed E-state index contributed by atoms with van der Waals surface area (Å²) < 4.78 is 19.1. The summed E-state index contributed by atoms with van der Waals surface area (Å²) in [6.45, 7) is 5.31. The average Bonchev–Trinajstić information content (AvgIpc) is 3.57. The molecule has 1 spiro atoms. The molecule has 3 fully saturated rings. The fourth-order valence-electron chi connectivity index (χ4n) is 8.64. The topological polar surface area (TPSA) is 67.9 Å². The van der Waals surface area contributed by atoms with E-state index in [0.717, 1.165) is 57.6 Å². The minimum absolute atomic E-state index is 0.135. The molecule has 0 radical (unpaired) electrons. The molecule has 6 rings (SSSR count). The van der Waals surface area contributed by atoms with Gasteiger partial charge < -0.3 is 14.2 Å². The minimum Gasteiger partial charge on any atom is -0.489 e. The molecular formula is C33H44N3O3+. The summed E-state index contributed by atoms with van der Waals surface area (Å²) in [7, 11) is 0. The lowest BCUT2D eigenvalue weighted by molar-refractivity contribution is -0.237. The Bertz CT molecular complexity index is 1170. The van der Waals surface area contributed by atoms with Gasteiger partial charge in [-0.1, -0.05) is 50.1 Å². The van der Waals surface area contributed by atoms with Crippen LogP contribution in [0.1, 0.15) is 92.9 Å². The summed E-state index contributed by atoms with van der Waals surface area (Å²) in [6, 6.07) is 15.2. The Morgan fingerprint density at radius 2 is 1.82 bits per heavy atom. The average molecular weight is 531 g/mol. The van der Waals surface area contributed by atoms with Crippen molar-refractivity contribution in [1.82, 2.24) is 5.43 Å². The van der Waals surface area contributed by atoms with Gasteiger partial charge in [-0.2, -0.15) is 0 Å². The maximum atomic E-state index is 8.59. The predicted octanol–water partition coefficient (Wildman–Crippen LogP) is 7.33. The standard InChI is InChI=1S/C33H44N3O3/c1-32-16-14-29-28(30(32)15-17-33(32)38-19-20-39-33)13-12-26-22-27(37-23-24-9-5-4-6-10-24)21-25(31(26)29)11-7-2-3-8-18-35-36-34/h4-6,9-10,21-22,28-30,35H,2-3,7-8,11-20,23H2,1H3/q+1. The van der Waals surface area contributed by atoms with Gasteiger partial charge in [-0.15, -0.1) is 0 Å². The Labute approximate surface area is 233 Å². The summed E-state index contributed by atoms with van der Waals surface area (Å²) in [5, 5.41) is 11.6. The van der Waals surface area contributed by atoms with Gasteiger partial charge in [-0.3, -0.25) is 0 Å². The fraction of sp³-hybridized carbons (Fsp3) is 0.636. The second-order valence-electron chi connectivity index (χ2n) is 12.5. The number of hydrogen-bond donors (Lipinski definition) is 1. The Hall–Kier alpha value is -2.62. The van der Waals surface area contributed by atoms with E-state index in [2.05, 4.69) is 59.9 Å². The van der Waals surface area contributed by atoms with Crippen molar-refractivity contribution >= 4 is 0 Å². The molecule has 6 nitrogen and oxygen atoms in total. The minimum atomic E-state index is -0.334. The van der Waals surface area contributed by atoms with Crippen molar-refractivity contribution in [3.8, 4) is 5.75 Å². The first kappa shape index (κ1) is 26.6. The van der Waals surface area contributed by atoms with Crippen LogP contribution < -0.4 is 10.2 Å². The van der Waals surface area contributed by atoms with E-state index < -0.39 is 0 Å². The van der Waals surface area contributed by atoms with Gasteiger partial charge in [0.2, 0.25) is 0 Å². The highest BCUT2D eigenvalue weighted by Gasteiger charge is 2.65. The highest BCUT2D eigenvalue weighted by atomic mass is 16.7. The van der Waals surface area contributed by atoms with Gasteiger partial charge in [-0.05, 0) is 109 Å². The third kappa shape index (κ3) is 5.05. The van der Waals surface area contributed by atoms with Crippen molar-refractivity contribution < 1.29 is 14.2 Å². The molecule has 2 saturated carbocycles. The van der Waals surface area contributed by atoms with Crippen LogP contribution in [-0.4, -0.2) is 25.5 Å². The second-order valence-corrected chi connectivity index (χ2v) is 12.5. The zero-order chi connectivity index (χ0) is 26.7. The van der Waals surface area contributed by atoms with Gasteiger partial charge in [0.05, 0.1) is 19.8 Å². The first-order chi connectivity index (χ1) is 19.1. The van der Waals surface area contributed by atoms with Crippen LogP contribution >= 0.6 is 0 Å². The Morgan fingerprint density at radius 3 is 2.64 bits per heavy atom. The summed E-state index contributed by atoms with van der Waals surface area (Å²) in [5.74, 6) is 2.71. The Morgan fingerprint density at radius 1 is 1.00 bits per heavy atom. The van der Waals surface area contributed by atoms with Crippen LogP contribution in [0.15, 0.2) is 42.5 Å². The van der Waals surface area contributed by atoms with E-state index in [1.165, 1.54) is 55.2 Å². The number of nitrogens with one attached hydrogen (secondary N) is 1. The zero-order valence-corrected chi connectivity index (χ0v) is 23.5. The van der Waals surface area contributed by atoms with Gasteiger partial charge >= 0.3 is 5.08 Å². The van der Waals surface area contributed by atoms with Crippen LogP contribution in [0.3, 0.4) is 0 Å². The van der Waals surface area contributed by atoms with E-state index in [9.17, 15) is 0 Å². The highest BCUT2D eigenvalue weighted by Crippen LogP contribution is 2.66. The number of hydrogen-bond acceptors (Lipinski definition) is 5. The molecule has 1 heterocycles. The van der Waals surface area contributed by atoms with Crippen molar-refractivity contribution in [2.24, 2.45) is 17.3 Å². The maximum absolute atomic E-state index is 8.59. The van der Waals surface area contributed by atoms with Crippen LogP contribution in [0.4, 0.5) is 0 Å². The molecule has 39 heavy (non-hydrogen) atoms. The number of unbranched alkanes of at least 4 members (excludes halogenated alkanes) is 3. The summed E-state index contributed by atoms with van der Waals surface area (Å²) in [4.78, 5) is 0. The predicted molar refractivity (Wildman–Crippen MR) is 152 cm³/mol. The first-order valence-corrected chi connectivity index (χ1v) is 15.3. The van der Waals surface area contributed by atoms with Gasteiger partial charge in [0.25, 0.3) is 5.39 Å². The van der Waals surface area contributed by atoms with Gasteiger partial charge in [-0.25, -0.2) is 0 Å². The summed E-state index contributed by atoms with van der Waals surface area (Å²) >= 11 is 0. The van der Waals surface area contributed by atoms with E-state index >= 15 is 0 Å². The number of diazo groups is 1. The molecule has 4 unspecified atom stereocenters. The largest absolute Gasteiger partial charge is 0.489 e. The van der Waals surface area contributed by atoms with Crippen LogP contribution in [-0.2, 0) is 28.9 Å². The molecule has 1 aliphatic heterocycles. The zero-order valence-electron chi connectivity index (χ0n) is 23.5. The van der Waals surface area contributed by atoms with Crippen LogP contribution in [0.25, 0.3) is 5.08 Å². The van der Waals surface area contributed by atoms with Crippen molar-refractivity contribution in [3.63, 3.8) is 0 Å². The van der Waals surface area contributed by atoms with E-state index in [-0.39, 0.29) is 11.2 Å². The summed E-state index contributed by atoms with van der Waals surface area (Å²) in [6.07, 6.45) is 12.7. The SMILES string of the molecule is CC12CCC3c4c(CCCCCCN[N+]#N)cc(OCc5ccccc5)cc4CCC3C1CCC21OCCO1. The number of nitrogens with zero attached hydrogens (tertiary/aromatic N) is 2. The van der Waals surface area contributed by atoms with Crippen LogP contribution in [0.5, 0.6) is 5.75 Å². The molecule has 1 N–H and O–H groups in total. The smallest absolute Gasteiger partial charge is 0.302 e. The monoisotopic (exact) mass is 530 g/mol. The summed E-state index contributed by atoms with van der Waals surface area (Å²) in [5.41, 5.74) is 8.68. The van der Waals surface area contributed by atoms with Crippen molar-refractivity contribution in [2.75, 3.05) is 19.8 Å². The molecular weight excluding hydrogens is 486 g/mol. The van der Waals surface area contributed by atoms with Gasteiger partial charge in [0, 0.05) is 11.8 Å². The third-order valence-corrected chi connectivity index (χ3v) is 10.5. The fourth-order valence-corrected chi connectivity index (χ4v) is 8.64. The molecule has 0 bridgehead atoms. The van der Waals surface area contributed by atoms with Crippen molar-refractivity contribution in [2.45, 2.75) is 95.9 Å². The van der Waals surface area contributed by atoms with E-state index in [0.29, 0.717) is 24.4 Å². The lowest BCUT2D eigenvalue weighted by Crippen LogP contribution is -2.51. The second kappa shape index (κ2) is 11.5. The molecule has 4 atom stereocenters. The normalized spacial score (nSPS) is 28.4. The molecule has 2 aromatic carbocycles. The molecule has 0 amide bonds. The Kier molecular flexibility index (Phi) is 7.82. The van der Waals surface area contributed by atoms with Crippen LogP contribution in [0, 0.1) is 22.6 Å². The first-order valence-electron chi connectivity index (χ1n) is 15.3. The number of fused-ring (bicyclic) bond motifs is 6. The van der Waals surface area contributed by atoms with E-state index in [1.54, 1.807) is 5.56 Å². The molecule has 4 aliphatic rings. The molecule has 208 valence electrons. The van der Waals surface area contributed by atoms with Crippen molar-refractivity contribution in [3.05, 3.63) is 69.8 Å². The molecule has 0 aromatic heterocycles. The van der Waals surface area contributed by atoms with Gasteiger partial charge in [0.1, 0.15) is 12.4 Å². The molecule has 6 heteroatoms. The molecule has 1 saturated heterocycles. The van der Waals surface area contributed by atoms with E-state index in [1.807, 2.05) is 0 Å². The molecule has 3 aliphatic carbocycles. The maximum Gasteiger partial charge on any atom is 0.302 e. The number of benzene rings is 2. The lowest BCUT2D eigenvalue weighted by Gasteiger charge is -2.53. The van der Waals surface area contributed by atoms with Crippen molar-refractivity contribution in [1.29, 1.82) is 5.39 Å². The Balaban J connectivity index is 1.22. The number of aryl methyl sites for hydroxylation is 2. The van der Waals surface area contributed by atoms with Crippen LogP contribution in [0.2, 0.25) is 0 Å². The van der Waals surface area contributed by atoms with Gasteiger partial charge in [0.15, 0.2) is 5.79 Å². The quantitative estimate of drug-likeness (QED) is 0.198. The van der Waals surface area contributed by atoms with E-state index in [4.69, 9.17) is 19.6 Å². The number of ether oxygens (including phenoxy) is 3. The third-order valence-electron chi connectivity index (χ3n) is 10.5. The highest BCUT2D eigenvalue weighted by molar-refractivity contribution is 5.47. The molecule has 2 aromatic rings. The number of rotatable bonds is 10. The lowest BCUT2D eigenvalue weighted by atomic mass is 9.54.